The number of carbonyl (C=O) groups is 1. The Morgan fingerprint density at radius 1 is 1.23 bits per heavy atom. The number of halogens is 1. The van der Waals surface area contributed by atoms with Crippen LogP contribution in [0.4, 0.5) is 15.9 Å². The van der Waals surface area contributed by atoms with Crippen molar-refractivity contribution in [2.75, 3.05) is 37.9 Å². The van der Waals surface area contributed by atoms with Crippen LogP contribution in [0.3, 0.4) is 0 Å². The monoisotopic (exact) mass is 409 g/mol. The Balaban J connectivity index is 1.62. The van der Waals surface area contributed by atoms with E-state index in [9.17, 15) is 9.18 Å². The molecule has 4 N–H and O–H groups in total. The Morgan fingerprint density at radius 3 is 2.83 bits per heavy atom. The van der Waals surface area contributed by atoms with Crippen molar-refractivity contribution >= 4 is 17.4 Å². The minimum Gasteiger partial charge on any atom is -0.490 e. The van der Waals surface area contributed by atoms with Gasteiger partial charge in [-0.1, -0.05) is 0 Å². The van der Waals surface area contributed by atoms with Crippen molar-refractivity contribution in [3.05, 3.63) is 77.0 Å². The first-order valence-electron chi connectivity index (χ1n) is 9.02. The van der Waals surface area contributed by atoms with Gasteiger partial charge in [0.15, 0.2) is 5.83 Å². The van der Waals surface area contributed by atoms with E-state index in [2.05, 4.69) is 32.1 Å². The highest BCUT2D eigenvalue weighted by Crippen LogP contribution is 2.19. The molecule has 0 atom stereocenters. The summed E-state index contributed by atoms with van der Waals surface area (Å²) in [6, 6.07) is 6.60. The summed E-state index contributed by atoms with van der Waals surface area (Å²) in [5.41, 5.74) is 12.0. The van der Waals surface area contributed by atoms with Gasteiger partial charge in [0.25, 0.3) is 5.91 Å². The number of carbonyl (C=O) groups excluding carboxylic acids is 1. The second-order valence-corrected chi connectivity index (χ2v) is 6.11. The van der Waals surface area contributed by atoms with Crippen LogP contribution in [0.5, 0.6) is 5.75 Å². The summed E-state index contributed by atoms with van der Waals surface area (Å²) in [7, 11) is 1.58. The molecule has 2 heterocycles. The van der Waals surface area contributed by atoms with Crippen molar-refractivity contribution in [3.63, 3.8) is 0 Å². The average Bonchev–Trinajstić information content (AvgIpc) is 2.75. The number of anilines is 2. The molecular formula is C21H20FN5O3. The fourth-order valence-electron chi connectivity index (χ4n) is 2.46. The van der Waals surface area contributed by atoms with E-state index in [0.29, 0.717) is 30.5 Å². The molecule has 0 unspecified atom stereocenters. The predicted octanol–water partition coefficient (Wildman–Crippen LogP) is 2.36. The maximum absolute atomic E-state index is 14.1. The largest absolute Gasteiger partial charge is 0.490 e. The summed E-state index contributed by atoms with van der Waals surface area (Å²) in [6.07, 6.45) is 4.47. The number of allylic oxidation sites excluding steroid dienone is 1. The maximum Gasteiger partial charge on any atom is 0.274 e. The molecule has 8 nitrogen and oxygen atoms in total. The number of methoxy groups -OCH3 is 1. The summed E-state index contributed by atoms with van der Waals surface area (Å²) < 4.78 is 24.4. The van der Waals surface area contributed by atoms with Crippen LogP contribution in [0.2, 0.25) is 0 Å². The van der Waals surface area contributed by atoms with Crippen molar-refractivity contribution < 1.29 is 18.7 Å². The van der Waals surface area contributed by atoms with Crippen LogP contribution in [0.1, 0.15) is 10.5 Å². The third-order valence-corrected chi connectivity index (χ3v) is 3.99. The number of hydrogen-bond acceptors (Lipinski definition) is 7. The number of amides is 1. The number of nitrogen functional groups attached to an aromatic ring is 1. The van der Waals surface area contributed by atoms with E-state index >= 15 is 0 Å². The lowest BCUT2D eigenvalue weighted by molar-refractivity contribution is 0.0962. The lowest BCUT2D eigenvalue weighted by Gasteiger charge is -2.12. The van der Waals surface area contributed by atoms with Crippen LogP contribution >= 0.6 is 0 Å². The van der Waals surface area contributed by atoms with Crippen LogP contribution < -0.4 is 21.1 Å². The summed E-state index contributed by atoms with van der Waals surface area (Å²) in [5, 5.41) is 5.63. The van der Waals surface area contributed by atoms with Crippen LogP contribution in [0.25, 0.3) is 0 Å². The predicted molar refractivity (Wildman–Crippen MR) is 109 cm³/mol. The minimum atomic E-state index is -0.585. The van der Waals surface area contributed by atoms with Crippen LogP contribution in [0.15, 0.2) is 71.3 Å². The third kappa shape index (κ3) is 5.56. The van der Waals surface area contributed by atoms with Gasteiger partial charge in [0, 0.05) is 25.4 Å². The zero-order valence-corrected chi connectivity index (χ0v) is 16.2. The molecule has 1 aliphatic rings. The summed E-state index contributed by atoms with van der Waals surface area (Å²) >= 11 is 0. The molecule has 154 valence electrons. The highest BCUT2D eigenvalue weighted by atomic mass is 19.1. The number of nitrogens with zero attached hydrogens (tertiary/aromatic N) is 2. The van der Waals surface area contributed by atoms with Crippen LogP contribution in [0, 0.1) is 0 Å². The molecule has 0 saturated heterocycles. The first-order chi connectivity index (χ1) is 14.6. The highest BCUT2D eigenvalue weighted by Gasteiger charge is 2.13. The molecule has 30 heavy (non-hydrogen) atoms. The van der Waals surface area contributed by atoms with Crippen molar-refractivity contribution in [2.45, 2.75) is 0 Å². The molecule has 0 saturated carbocycles. The number of nitrogens with two attached hydrogens (primary N) is 1. The Bertz CT molecular complexity index is 1050. The van der Waals surface area contributed by atoms with E-state index in [-0.39, 0.29) is 23.5 Å². The molecule has 0 bridgehead atoms. The van der Waals surface area contributed by atoms with Gasteiger partial charge < -0.3 is 25.8 Å². The number of ether oxygens (including phenoxy) is 2. The summed E-state index contributed by atoms with van der Waals surface area (Å²) in [6.45, 7) is 0.955. The number of pyridine rings is 2. The molecule has 1 amide bonds. The molecule has 9 heteroatoms. The molecule has 0 radical (unpaired) electrons. The van der Waals surface area contributed by atoms with Gasteiger partial charge in [0.1, 0.15) is 23.9 Å². The van der Waals surface area contributed by atoms with Gasteiger partial charge >= 0.3 is 0 Å². The number of hydrogen-bond donors (Lipinski definition) is 3. The second-order valence-electron chi connectivity index (χ2n) is 6.11. The summed E-state index contributed by atoms with van der Waals surface area (Å²) in [5.74, 6) is -0.226. The van der Waals surface area contributed by atoms with E-state index in [1.807, 2.05) is 0 Å². The average molecular weight is 409 g/mol. The van der Waals surface area contributed by atoms with Gasteiger partial charge in [0.2, 0.25) is 0 Å². The first kappa shape index (κ1) is 20.8. The van der Waals surface area contributed by atoms with Crippen LogP contribution in [-0.2, 0) is 4.74 Å². The lowest BCUT2D eigenvalue weighted by Crippen LogP contribution is -2.23. The summed E-state index contributed by atoms with van der Waals surface area (Å²) in [4.78, 5) is 20.4. The Labute approximate surface area is 172 Å². The molecule has 0 aromatic carbocycles. The molecule has 0 aliphatic heterocycles. The van der Waals surface area contributed by atoms with Gasteiger partial charge in [-0.2, -0.15) is 4.39 Å². The lowest BCUT2D eigenvalue weighted by atomic mass is 10.1. The normalized spacial score (nSPS) is 12.5. The second kappa shape index (κ2) is 10.0. The number of nitrogens with one attached hydrogen (secondary N) is 2. The van der Waals surface area contributed by atoms with E-state index in [1.165, 1.54) is 18.3 Å². The zero-order chi connectivity index (χ0) is 21.3. The van der Waals surface area contributed by atoms with Crippen molar-refractivity contribution in [2.24, 2.45) is 0 Å². The zero-order valence-electron chi connectivity index (χ0n) is 16.2. The molecule has 0 fully saturated rings. The molecule has 2 aromatic rings. The van der Waals surface area contributed by atoms with Gasteiger partial charge in [-0.3, -0.25) is 4.79 Å². The smallest absolute Gasteiger partial charge is 0.274 e. The Kier molecular flexibility index (Phi) is 6.97. The van der Waals surface area contributed by atoms with Crippen molar-refractivity contribution in [1.29, 1.82) is 0 Å². The van der Waals surface area contributed by atoms with Crippen molar-refractivity contribution in [3.8, 4) is 5.75 Å². The molecule has 2 aromatic heterocycles. The Hall–Kier alpha value is -3.90. The standard InChI is InChI=1S/C21H20FN5O3/c1-29-9-10-30-16-5-7-19(26-13-16)21(28)27-15-4-6-17(22)14(11-15)12-25-18-3-2-8-24-20(18)23/h2-3,5,7-8,11,13,25H,9-10,12H2,1H3,(H2,23,24)(H,27,28). The SMILES string of the molecule is COCCOc1ccc(C(=O)NC2=C=C=C(F)C(CNc3cccnc3N)=C2)nc1. The fourth-order valence-corrected chi connectivity index (χ4v) is 2.46. The molecular weight excluding hydrogens is 389 g/mol. The van der Waals surface area contributed by atoms with Gasteiger partial charge in [-0.05, 0) is 41.8 Å². The van der Waals surface area contributed by atoms with Gasteiger partial charge in [0.05, 0.1) is 24.2 Å². The highest BCUT2D eigenvalue weighted by molar-refractivity contribution is 5.93. The van der Waals surface area contributed by atoms with Gasteiger partial charge in [-0.15, -0.1) is 0 Å². The topological polar surface area (TPSA) is 111 Å². The maximum atomic E-state index is 14.1. The van der Waals surface area contributed by atoms with E-state index in [1.54, 1.807) is 31.5 Å². The van der Waals surface area contributed by atoms with E-state index in [4.69, 9.17) is 15.2 Å². The molecule has 1 aliphatic carbocycles. The van der Waals surface area contributed by atoms with Crippen molar-refractivity contribution in [1.82, 2.24) is 15.3 Å². The Morgan fingerprint density at radius 2 is 2.10 bits per heavy atom. The quantitative estimate of drug-likeness (QED) is 0.431. The van der Waals surface area contributed by atoms with Crippen LogP contribution in [-0.4, -0.2) is 42.7 Å². The number of rotatable bonds is 9. The molecule has 0 spiro atoms. The third-order valence-electron chi connectivity index (χ3n) is 3.99. The molecule has 3 rings (SSSR count). The number of aromatic nitrogens is 2. The van der Waals surface area contributed by atoms with E-state index in [0.717, 1.165) is 0 Å². The van der Waals surface area contributed by atoms with E-state index < -0.39 is 11.7 Å². The first-order valence-corrected chi connectivity index (χ1v) is 9.02. The van der Waals surface area contributed by atoms with Gasteiger partial charge in [-0.25, -0.2) is 9.97 Å². The minimum absolute atomic E-state index is 0.127. The fraction of sp³-hybridized carbons (Fsp3) is 0.190.